The van der Waals surface area contributed by atoms with E-state index in [0.29, 0.717) is 0 Å². The molecule has 0 saturated heterocycles. The molecule has 0 radical (unpaired) electrons. The van der Waals surface area contributed by atoms with Crippen LogP contribution in [0.4, 0.5) is 0 Å². The summed E-state index contributed by atoms with van der Waals surface area (Å²) in [7, 11) is 1.71. The topological polar surface area (TPSA) is 29.5 Å². The van der Waals surface area contributed by atoms with Crippen LogP contribution in [-0.2, 0) is 4.74 Å². The first-order valence-electron chi connectivity index (χ1n) is 5.24. The van der Waals surface area contributed by atoms with E-state index < -0.39 is 0 Å². The predicted molar refractivity (Wildman–Crippen MR) is 64.3 cm³/mol. The van der Waals surface area contributed by atoms with Crippen LogP contribution in [0.5, 0.6) is 0 Å². The van der Waals surface area contributed by atoms with Crippen molar-refractivity contribution in [3.8, 4) is 0 Å². The van der Waals surface area contributed by atoms with Crippen LogP contribution in [0.25, 0.3) is 0 Å². The molecule has 15 heavy (non-hydrogen) atoms. The van der Waals surface area contributed by atoms with Gasteiger partial charge < -0.3 is 9.84 Å². The quantitative estimate of drug-likeness (QED) is 0.838. The maximum atomic E-state index is 9.95. The van der Waals surface area contributed by atoms with Crippen molar-refractivity contribution < 1.29 is 9.84 Å². The van der Waals surface area contributed by atoms with Gasteiger partial charge in [-0.1, -0.05) is 0 Å². The summed E-state index contributed by atoms with van der Waals surface area (Å²) in [6.45, 7) is 6.14. The van der Waals surface area contributed by atoms with E-state index in [1.165, 1.54) is 4.88 Å². The van der Waals surface area contributed by atoms with Gasteiger partial charge in [-0.05, 0) is 45.7 Å². The fourth-order valence-corrected chi connectivity index (χ4v) is 2.26. The van der Waals surface area contributed by atoms with Crippen molar-refractivity contribution >= 4 is 11.3 Å². The second-order valence-electron chi connectivity index (χ2n) is 4.47. The number of hydrogen-bond donors (Lipinski definition) is 1. The van der Waals surface area contributed by atoms with Gasteiger partial charge in [0.25, 0.3) is 0 Å². The molecule has 1 aromatic heterocycles. The molecule has 1 heterocycles. The van der Waals surface area contributed by atoms with Crippen molar-refractivity contribution in [2.45, 2.75) is 45.3 Å². The Balaban J connectivity index is 2.46. The highest BCUT2D eigenvalue weighted by atomic mass is 32.1. The maximum Gasteiger partial charge on any atom is 0.0883 e. The molecule has 0 aliphatic rings. The van der Waals surface area contributed by atoms with Crippen molar-refractivity contribution in [1.29, 1.82) is 0 Å². The molecule has 3 heteroatoms. The average Bonchev–Trinajstić information content (AvgIpc) is 2.61. The monoisotopic (exact) mass is 228 g/mol. The Kier molecular flexibility index (Phi) is 4.32. The molecule has 1 atom stereocenters. The standard InChI is InChI=1S/C12H20O2S/c1-9-5-6-11(15-9)10(13)7-8-12(2,3)14-4/h5-6,10,13H,7-8H2,1-4H3. The Bertz CT molecular complexity index is 304. The van der Waals surface area contributed by atoms with Crippen LogP contribution in [0, 0.1) is 6.92 Å². The molecule has 0 spiro atoms. The van der Waals surface area contributed by atoms with Gasteiger partial charge in [0.2, 0.25) is 0 Å². The second kappa shape index (κ2) is 5.10. The van der Waals surface area contributed by atoms with Crippen LogP contribution in [0.3, 0.4) is 0 Å². The van der Waals surface area contributed by atoms with Crippen LogP contribution in [0.2, 0.25) is 0 Å². The highest BCUT2D eigenvalue weighted by Gasteiger charge is 2.19. The van der Waals surface area contributed by atoms with E-state index in [9.17, 15) is 5.11 Å². The lowest BCUT2D eigenvalue weighted by Gasteiger charge is -2.23. The normalized spacial score (nSPS) is 14.2. The number of thiophene rings is 1. The average molecular weight is 228 g/mol. The van der Waals surface area contributed by atoms with Gasteiger partial charge in [0.05, 0.1) is 11.7 Å². The fourth-order valence-electron chi connectivity index (χ4n) is 1.36. The number of aliphatic hydroxyl groups excluding tert-OH is 1. The van der Waals surface area contributed by atoms with E-state index in [4.69, 9.17) is 4.74 Å². The van der Waals surface area contributed by atoms with Crippen LogP contribution in [0.15, 0.2) is 12.1 Å². The number of methoxy groups -OCH3 is 1. The van der Waals surface area contributed by atoms with E-state index in [0.717, 1.165) is 17.7 Å². The summed E-state index contributed by atoms with van der Waals surface area (Å²) in [5.74, 6) is 0. The molecule has 0 aliphatic carbocycles. The second-order valence-corrected chi connectivity index (χ2v) is 5.79. The number of aryl methyl sites for hydroxylation is 1. The Morgan fingerprint density at radius 3 is 2.60 bits per heavy atom. The molecule has 86 valence electrons. The number of rotatable bonds is 5. The molecule has 1 N–H and O–H groups in total. The van der Waals surface area contributed by atoms with Crippen molar-refractivity contribution in [1.82, 2.24) is 0 Å². The molecule has 0 fully saturated rings. The Morgan fingerprint density at radius 2 is 2.13 bits per heavy atom. The van der Waals surface area contributed by atoms with Gasteiger partial charge in [-0.3, -0.25) is 0 Å². The van der Waals surface area contributed by atoms with E-state index in [-0.39, 0.29) is 11.7 Å². The first-order valence-corrected chi connectivity index (χ1v) is 6.06. The lowest BCUT2D eigenvalue weighted by Crippen LogP contribution is -2.22. The molecule has 2 nitrogen and oxygen atoms in total. The van der Waals surface area contributed by atoms with Gasteiger partial charge in [0.15, 0.2) is 0 Å². The summed E-state index contributed by atoms with van der Waals surface area (Å²) in [6, 6.07) is 4.05. The van der Waals surface area contributed by atoms with Gasteiger partial charge in [-0.2, -0.15) is 0 Å². The van der Waals surface area contributed by atoms with E-state index in [1.807, 2.05) is 26.0 Å². The van der Waals surface area contributed by atoms with Crippen molar-refractivity contribution in [3.05, 3.63) is 21.9 Å². The fraction of sp³-hybridized carbons (Fsp3) is 0.667. The van der Waals surface area contributed by atoms with Gasteiger partial charge in [-0.25, -0.2) is 0 Å². The zero-order chi connectivity index (χ0) is 11.5. The largest absolute Gasteiger partial charge is 0.388 e. The number of hydrogen-bond acceptors (Lipinski definition) is 3. The molecule has 0 aliphatic heterocycles. The van der Waals surface area contributed by atoms with Crippen molar-refractivity contribution in [2.24, 2.45) is 0 Å². The summed E-state index contributed by atoms with van der Waals surface area (Å²) >= 11 is 1.66. The van der Waals surface area contributed by atoms with Crippen molar-refractivity contribution in [3.63, 3.8) is 0 Å². The van der Waals surface area contributed by atoms with Crippen LogP contribution < -0.4 is 0 Å². The SMILES string of the molecule is COC(C)(C)CCC(O)c1ccc(C)s1. The number of aliphatic hydroxyl groups is 1. The first kappa shape index (κ1) is 12.7. The maximum absolute atomic E-state index is 9.95. The molecule has 0 bridgehead atoms. The third kappa shape index (κ3) is 3.93. The summed E-state index contributed by atoms with van der Waals surface area (Å²) in [6.07, 6.45) is 1.26. The minimum Gasteiger partial charge on any atom is -0.388 e. The zero-order valence-corrected chi connectivity index (χ0v) is 10.7. The lowest BCUT2D eigenvalue weighted by atomic mass is 9.99. The third-order valence-corrected chi connectivity index (χ3v) is 3.76. The van der Waals surface area contributed by atoms with E-state index in [1.54, 1.807) is 18.4 Å². The smallest absolute Gasteiger partial charge is 0.0883 e. The predicted octanol–water partition coefficient (Wildman–Crippen LogP) is 3.30. The molecular formula is C12H20O2S. The minimum atomic E-state index is -0.349. The Hall–Kier alpha value is -0.380. The van der Waals surface area contributed by atoms with Gasteiger partial charge in [0, 0.05) is 16.9 Å². The van der Waals surface area contributed by atoms with E-state index in [2.05, 4.69) is 6.92 Å². The summed E-state index contributed by atoms with van der Waals surface area (Å²) in [5, 5.41) is 9.95. The third-order valence-electron chi connectivity index (χ3n) is 2.66. The molecule has 1 unspecified atom stereocenters. The van der Waals surface area contributed by atoms with Crippen LogP contribution in [0.1, 0.15) is 42.5 Å². The number of ether oxygens (including phenoxy) is 1. The van der Waals surface area contributed by atoms with Gasteiger partial charge >= 0.3 is 0 Å². The molecule has 0 saturated carbocycles. The molecular weight excluding hydrogens is 208 g/mol. The lowest BCUT2D eigenvalue weighted by molar-refractivity contribution is 0.00310. The van der Waals surface area contributed by atoms with E-state index >= 15 is 0 Å². The Morgan fingerprint density at radius 1 is 1.47 bits per heavy atom. The van der Waals surface area contributed by atoms with Crippen molar-refractivity contribution in [2.75, 3.05) is 7.11 Å². The molecule has 0 aromatic carbocycles. The van der Waals surface area contributed by atoms with Gasteiger partial charge in [-0.15, -0.1) is 11.3 Å². The molecule has 1 aromatic rings. The molecule has 1 rings (SSSR count). The summed E-state index contributed by atoms with van der Waals surface area (Å²) in [4.78, 5) is 2.30. The van der Waals surface area contributed by atoms with Gasteiger partial charge in [0.1, 0.15) is 0 Å². The first-order chi connectivity index (χ1) is 6.94. The van der Waals surface area contributed by atoms with Crippen LogP contribution >= 0.6 is 11.3 Å². The Labute approximate surface area is 95.9 Å². The molecule has 0 amide bonds. The highest BCUT2D eigenvalue weighted by Crippen LogP contribution is 2.28. The minimum absolute atomic E-state index is 0.146. The van der Waals surface area contributed by atoms with Crippen LogP contribution in [-0.4, -0.2) is 17.8 Å². The zero-order valence-electron chi connectivity index (χ0n) is 9.91. The highest BCUT2D eigenvalue weighted by molar-refractivity contribution is 7.11. The summed E-state index contributed by atoms with van der Waals surface area (Å²) in [5.41, 5.74) is -0.146. The summed E-state index contributed by atoms with van der Waals surface area (Å²) < 4.78 is 5.32.